The Morgan fingerprint density at radius 1 is 0.615 bits per heavy atom. The number of fused-ring (bicyclic) bond motifs is 2. The number of nitrogens with two attached hydrogens (primary N) is 3. The van der Waals surface area contributed by atoms with Crippen LogP contribution in [0.5, 0.6) is 0 Å². The molecule has 20 heteroatoms. The van der Waals surface area contributed by atoms with Crippen molar-refractivity contribution in [2.45, 2.75) is 25.2 Å². The summed E-state index contributed by atoms with van der Waals surface area (Å²) in [6, 6.07) is 30.8. The third kappa shape index (κ3) is 10.9. The van der Waals surface area contributed by atoms with E-state index in [0.29, 0.717) is 55.3 Å². The van der Waals surface area contributed by atoms with E-state index in [-0.39, 0.29) is 48.1 Å². The van der Waals surface area contributed by atoms with Crippen molar-refractivity contribution in [2.24, 2.45) is 5.73 Å². The molecule has 4 aromatic heterocycles. The van der Waals surface area contributed by atoms with E-state index in [1.165, 1.54) is 58.2 Å². The maximum atomic E-state index is 13.1. The molecule has 0 spiro atoms. The van der Waals surface area contributed by atoms with Crippen LogP contribution in [0, 0.1) is 22.7 Å². The maximum absolute atomic E-state index is 13.1. The van der Waals surface area contributed by atoms with E-state index >= 15 is 0 Å². The number of benzene rings is 4. The summed E-state index contributed by atoms with van der Waals surface area (Å²) in [5.74, 6) is -1.25. The lowest BCUT2D eigenvalue weighted by Crippen LogP contribution is -2.10. The van der Waals surface area contributed by atoms with Gasteiger partial charge in [0.05, 0.1) is 47.7 Å². The number of nitrogens with zero attached hydrogens (tertiary/aromatic N) is 8. The fraction of sp³-hybridized carbons (Fsp3) is 0.111. The molecule has 8 aromatic rings. The normalized spacial score (nSPS) is 11.2. The summed E-state index contributed by atoms with van der Waals surface area (Å²) in [6.45, 7) is 0.125. The third-order valence-electron chi connectivity index (χ3n) is 9.33. The number of hydrogen-bond donors (Lipinski definition) is 4. The van der Waals surface area contributed by atoms with Gasteiger partial charge < -0.3 is 22.3 Å². The highest BCUT2D eigenvalue weighted by Crippen LogP contribution is 2.33. The number of pyridine rings is 2. The molecule has 0 aliphatic heterocycles. The van der Waals surface area contributed by atoms with Crippen molar-refractivity contribution >= 4 is 44.9 Å². The van der Waals surface area contributed by atoms with Crippen molar-refractivity contribution < 1.29 is 41.0 Å². The Labute approximate surface area is 364 Å². The van der Waals surface area contributed by atoms with Gasteiger partial charge in [-0.05, 0) is 95.1 Å². The molecule has 0 radical (unpaired) electrons. The average molecular weight is 890 g/mol. The quantitative estimate of drug-likeness (QED) is 0.0483. The first kappa shape index (κ1) is 45.9. The van der Waals surface area contributed by atoms with Gasteiger partial charge in [-0.1, -0.05) is 36.4 Å². The number of nitriles is 2. The van der Waals surface area contributed by atoms with Gasteiger partial charge in [0.1, 0.15) is 11.4 Å². The lowest BCUT2D eigenvalue weighted by Gasteiger charge is -2.10. The predicted octanol–water partition coefficient (Wildman–Crippen LogP) is 9.03. The Kier molecular flexibility index (Phi) is 13.5. The topological polar surface area (TPSA) is 241 Å². The van der Waals surface area contributed by atoms with Crippen molar-refractivity contribution in [2.75, 3.05) is 18.0 Å². The third-order valence-corrected chi connectivity index (χ3v) is 9.33. The number of carboxylic acid groups (broad SMARTS) is 1. The molecule has 0 amide bonds. The highest BCUT2D eigenvalue weighted by atomic mass is 19.4. The molecule has 0 saturated carbocycles. The van der Waals surface area contributed by atoms with Gasteiger partial charge in [-0.15, -0.1) is 0 Å². The number of hydrogen-bond acceptors (Lipinski definition) is 11. The van der Waals surface area contributed by atoms with E-state index in [1.54, 1.807) is 60.7 Å². The van der Waals surface area contributed by atoms with Crippen LogP contribution >= 0.6 is 0 Å². The monoisotopic (exact) mass is 889 g/mol. The molecule has 0 fully saturated rings. The molecular formula is C45H33F6N11O3. The van der Waals surface area contributed by atoms with Crippen LogP contribution in [0.4, 0.5) is 37.7 Å². The number of ketones is 1. The van der Waals surface area contributed by atoms with Crippen molar-refractivity contribution in [3.05, 3.63) is 144 Å². The highest BCUT2D eigenvalue weighted by molar-refractivity contribution is 5.99. The van der Waals surface area contributed by atoms with Crippen LogP contribution in [0.3, 0.4) is 0 Å². The number of aromatic nitrogens is 6. The summed E-state index contributed by atoms with van der Waals surface area (Å²) in [5, 5.41) is 35.2. The van der Waals surface area contributed by atoms with Crippen LogP contribution in [-0.2, 0) is 12.4 Å². The first-order valence-corrected chi connectivity index (χ1v) is 19.0. The summed E-state index contributed by atoms with van der Waals surface area (Å²) in [5.41, 5.74) is 19.2. The number of carbonyl (C=O) groups is 2. The molecule has 7 N–H and O–H groups in total. The first-order valence-electron chi connectivity index (χ1n) is 19.0. The van der Waals surface area contributed by atoms with Crippen LogP contribution < -0.4 is 17.2 Å². The summed E-state index contributed by atoms with van der Waals surface area (Å²) in [6.07, 6.45) is -5.88. The number of rotatable bonds is 8. The Morgan fingerprint density at radius 2 is 1.06 bits per heavy atom. The number of alkyl halides is 6. The summed E-state index contributed by atoms with van der Waals surface area (Å²) >= 11 is 0. The Hall–Kier alpha value is -8.62. The Balaban J connectivity index is 0.000000200. The van der Waals surface area contributed by atoms with Crippen LogP contribution in [0.2, 0.25) is 0 Å². The Bertz CT molecular complexity index is 3150. The molecule has 0 saturated heterocycles. The average Bonchev–Trinajstić information content (AvgIpc) is 3.92. The largest absolute Gasteiger partial charge is 0.478 e. The molecular weight excluding hydrogens is 857 g/mol. The van der Waals surface area contributed by atoms with E-state index in [9.17, 15) is 41.0 Å². The number of carbonyl (C=O) groups excluding carboxylic acids is 1. The molecule has 0 bridgehead atoms. The first-order chi connectivity index (χ1) is 30.9. The van der Waals surface area contributed by atoms with Crippen molar-refractivity contribution in [3.63, 3.8) is 0 Å². The summed E-state index contributed by atoms with van der Waals surface area (Å²) in [7, 11) is 0. The summed E-state index contributed by atoms with van der Waals surface area (Å²) < 4.78 is 80.9. The van der Waals surface area contributed by atoms with Gasteiger partial charge in [0.25, 0.3) is 0 Å². The predicted molar refractivity (Wildman–Crippen MR) is 228 cm³/mol. The minimum Gasteiger partial charge on any atom is -0.478 e. The molecule has 0 atom stereocenters. The smallest absolute Gasteiger partial charge is 0.433 e. The van der Waals surface area contributed by atoms with Crippen molar-refractivity contribution in [1.82, 2.24) is 29.5 Å². The zero-order chi connectivity index (χ0) is 47.1. The Morgan fingerprint density at radius 3 is 1.48 bits per heavy atom. The van der Waals surface area contributed by atoms with Gasteiger partial charge in [0, 0.05) is 40.6 Å². The molecule has 0 unspecified atom stereocenters. The molecule has 328 valence electrons. The van der Waals surface area contributed by atoms with E-state index in [4.69, 9.17) is 22.0 Å². The maximum Gasteiger partial charge on any atom is 0.433 e. The van der Waals surface area contributed by atoms with Gasteiger partial charge in [-0.3, -0.25) is 4.79 Å². The van der Waals surface area contributed by atoms with E-state index in [0.717, 1.165) is 12.1 Å². The SMILES string of the molecule is N#CCCC(=O)c1cc(N)cc(-c2ccc3cnn(-c4cccc(C(F)(F)F)n4)c3c2)c1.N#CCN.Nc1cc(C(=O)O)cc(-c2ccc3cnn(-c4cccc(C(F)(F)F)n4)c3c2)c1. The summed E-state index contributed by atoms with van der Waals surface area (Å²) in [4.78, 5) is 31.0. The lowest BCUT2D eigenvalue weighted by molar-refractivity contribution is -0.141. The van der Waals surface area contributed by atoms with Crippen molar-refractivity contribution in [1.29, 1.82) is 10.5 Å². The number of carboxylic acids is 1. The second-order valence-electron chi connectivity index (χ2n) is 13.9. The van der Waals surface area contributed by atoms with Gasteiger partial charge in [0.2, 0.25) is 0 Å². The molecule has 4 aromatic carbocycles. The minimum atomic E-state index is -4.57. The van der Waals surface area contributed by atoms with Gasteiger partial charge in [-0.2, -0.15) is 47.1 Å². The van der Waals surface area contributed by atoms with Crippen LogP contribution in [0.25, 0.3) is 55.7 Å². The molecule has 0 aliphatic rings. The van der Waals surface area contributed by atoms with Crippen molar-refractivity contribution in [3.8, 4) is 46.0 Å². The standard InChI is InChI=1S/C23H16F3N5O.C20H13F3N4O2.C2H4N2/c24-23(25,26)21-4-1-5-22(30-21)31-19-12-14(6-7-15(19)13-29-31)16-9-17(11-18(28)10-16)20(32)3-2-8-27;21-20(22,23)17-2-1-3-18(26-17)27-16-9-11(4-5-12(16)10-25-27)13-6-14(19(28)29)8-15(24)7-13;3-1-2-4/h1,4-7,9-13H,2-3,28H2;1-10H,24H2,(H,28,29);1,3H2. The van der Waals surface area contributed by atoms with Crippen LogP contribution in [0.1, 0.15) is 44.9 Å². The fourth-order valence-electron chi connectivity index (χ4n) is 6.39. The van der Waals surface area contributed by atoms with Crippen LogP contribution in [0.15, 0.2) is 122 Å². The zero-order valence-corrected chi connectivity index (χ0v) is 33.5. The second kappa shape index (κ2) is 19.2. The number of anilines is 2. The van der Waals surface area contributed by atoms with Gasteiger partial charge in [-0.25, -0.2) is 24.1 Å². The van der Waals surface area contributed by atoms with E-state index in [2.05, 4.69) is 25.9 Å². The van der Waals surface area contributed by atoms with E-state index < -0.39 is 29.7 Å². The zero-order valence-electron chi connectivity index (χ0n) is 33.5. The number of halogens is 6. The van der Waals surface area contributed by atoms with E-state index in [1.807, 2.05) is 12.1 Å². The highest BCUT2D eigenvalue weighted by Gasteiger charge is 2.33. The molecule has 14 nitrogen and oxygen atoms in total. The molecule has 8 rings (SSSR count). The fourth-order valence-corrected chi connectivity index (χ4v) is 6.39. The lowest BCUT2D eigenvalue weighted by atomic mass is 9.98. The molecule has 0 aliphatic carbocycles. The second-order valence-corrected chi connectivity index (χ2v) is 13.9. The number of nitrogen functional groups attached to an aromatic ring is 2. The van der Waals surface area contributed by atoms with Gasteiger partial charge in [0.15, 0.2) is 17.4 Å². The number of Topliss-reactive ketones (excluding diaryl/α,β-unsaturated/α-hetero) is 1. The molecule has 4 heterocycles. The van der Waals surface area contributed by atoms with Gasteiger partial charge >= 0.3 is 18.3 Å². The molecule has 65 heavy (non-hydrogen) atoms. The number of aromatic carboxylic acids is 1. The van der Waals surface area contributed by atoms with Crippen LogP contribution in [-0.4, -0.2) is 52.9 Å². The minimum absolute atomic E-state index is 0.0192.